The number of rotatable bonds is 4. The molecule has 2 fully saturated rings. The molecular formula is C21H27ClN4O2. The topological polar surface area (TPSA) is 70.8 Å². The second-order valence-corrected chi connectivity index (χ2v) is 7.71. The van der Waals surface area contributed by atoms with Gasteiger partial charge < -0.3 is 14.9 Å². The molecule has 0 bridgehead atoms. The summed E-state index contributed by atoms with van der Waals surface area (Å²) in [6.07, 6.45) is 2.24. The molecule has 7 heteroatoms. The van der Waals surface area contributed by atoms with Crippen LogP contribution in [0.4, 0.5) is 4.79 Å². The van der Waals surface area contributed by atoms with E-state index in [0.29, 0.717) is 23.7 Å². The van der Waals surface area contributed by atoms with Crippen molar-refractivity contribution >= 4 is 23.2 Å². The molecule has 0 aliphatic carbocycles. The summed E-state index contributed by atoms with van der Waals surface area (Å²) in [6.45, 7) is 5.59. The van der Waals surface area contributed by atoms with Crippen LogP contribution in [0, 0.1) is 11.3 Å². The minimum Gasteiger partial charge on any atom is -0.396 e. The van der Waals surface area contributed by atoms with Crippen LogP contribution < -0.4 is 0 Å². The lowest BCUT2D eigenvalue weighted by Gasteiger charge is -2.39. The number of carbonyl (C=O) groups excluding carboxylic acids is 1. The Labute approximate surface area is 171 Å². The average Bonchev–Trinajstić information content (AvgIpc) is 2.74. The van der Waals surface area contributed by atoms with Crippen molar-refractivity contribution < 1.29 is 9.90 Å². The molecule has 0 saturated carbocycles. The molecule has 0 aromatic heterocycles. The normalized spacial score (nSPS) is 18.1. The number of nitrogens with zero attached hydrogens (tertiary/aromatic N) is 4. The van der Waals surface area contributed by atoms with Crippen LogP contribution in [-0.4, -0.2) is 78.3 Å². The van der Waals surface area contributed by atoms with Crippen LogP contribution >= 0.6 is 11.6 Å². The van der Waals surface area contributed by atoms with Crippen molar-refractivity contribution in [2.45, 2.75) is 19.3 Å². The van der Waals surface area contributed by atoms with Gasteiger partial charge in [0.05, 0.1) is 11.6 Å². The minimum atomic E-state index is 0.103. The van der Waals surface area contributed by atoms with Gasteiger partial charge in [0.25, 0.3) is 0 Å². The number of likely N-dealkylation sites (tertiary alicyclic amines) is 1. The summed E-state index contributed by atoms with van der Waals surface area (Å²) in [4.78, 5) is 19.0. The summed E-state index contributed by atoms with van der Waals surface area (Å²) in [5.41, 5.74) is 2.71. The number of halogens is 1. The number of hydrogen-bond donors (Lipinski definition) is 1. The molecule has 1 aromatic rings. The second-order valence-electron chi connectivity index (χ2n) is 7.27. The Kier molecular flexibility index (Phi) is 7.32. The SMILES string of the molecule is N#CC(=C1CCN(C(=O)N2CCN(CCCO)CC2)CC1)c1ccc(Cl)cc1. The van der Waals surface area contributed by atoms with Crippen molar-refractivity contribution in [1.29, 1.82) is 5.26 Å². The van der Waals surface area contributed by atoms with Crippen LogP contribution in [0.15, 0.2) is 29.8 Å². The summed E-state index contributed by atoms with van der Waals surface area (Å²) < 4.78 is 0. The average molecular weight is 403 g/mol. The molecular weight excluding hydrogens is 376 g/mol. The molecule has 2 aliphatic heterocycles. The maximum atomic E-state index is 12.8. The number of benzene rings is 1. The van der Waals surface area contributed by atoms with E-state index < -0.39 is 0 Å². The summed E-state index contributed by atoms with van der Waals surface area (Å²) >= 11 is 5.95. The van der Waals surface area contributed by atoms with Gasteiger partial charge in [0.1, 0.15) is 0 Å². The van der Waals surface area contributed by atoms with E-state index in [0.717, 1.165) is 63.1 Å². The second kappa shape index (κ2) is 9.92. The molecule has 0 radical (unpaired) electrons. The fourth-order valence-electron chi connectivity index (χ4n) is 3.84. The Morgan fingerprint density at radius 2 is 1.64 bits per heavy atom. The van der Waals surface area contributed by atoms with Crippen LogP contribution in [-0.2, 0) is 0 Å². The Balaban J connectivity index is 1.55. The molecule has 0 unspecified atom stereocenters. The Hall–Kier alpha value is -2.07. The van der Waals surface area contributed by atoms with E-state index in [1.54, 1.807) is 12.1 Å². The molecule has 2 heterocycles. The largest absolute Gasteiger partial charge is 0.396 e. The smallest absolute Gasteiger partial charge is 0.320 e. The molecule has 0 spiro atoms. The zero-order valence-electron chi connectivity index (χ0n) is 16.1. The number of carbonyl (C=O) groups is 1. The Morgan fingerprint density at radius 3 is 2.21 bits per heavy atom. The predicted molar refractivity (Wildman–Crippen MR) is 110 cm³/mol. The molecule has 150 valence electrons. The highest BCUT2D eigenvalue weighted by Gasteiger charge is 2.27. The fourth-order valence-corrected chi connectivity index (χ4v) is 3.97. The van der Waals surface area contributed by atoms with Crippen molar-refractivity contribution in [3.8, 4) is 6.07 Å². The number of nitriles is 1. The monoisotopic (exact) mass is 402 g/mol. The van der Waals surface area contributed by atoms with E-state index in [9.17, 15) is 10.1 Å². The van der Waals surface area contributed by atoms with Crippen LogP contribution in [0.1, 0.15) is 24.8 Å². The number of hydrogen-bond acceptors (Lipinski definition) is 4. The standard InChI is InChI=1S/C21H27ClN4O2/c22-19-4-2-17(3-5-19)20(16-23)18-6-9-25(10-7-18)21(28)26-13-11-24(12-14-26)8-1-15-27/h2-5,27H,1,6-15H2. The quantitative estimate of drug-likeness (QED) is 0.786. The first kappa shape index (κ1) is 20.7. The number of aliphatic hydroxyl groups excluding tert-OH is 1. The van der Waals surface area contributed by atoms with E-state index in [1.165, 1.54) is 0 Å². The van der Waals surface area contributed by atoms with E-state index in [-0.39, 0.29) is 12.6 Å². The molecule has 28 heavy (non-hydrogen) atoms. The summed E-state index contributed by atoms with van der Waals surface area (Å²) in [5.74, 6) is 0. The van der Waals surface area contributed by atoms with Gasteiger partial charge in [-0.2, -0.15) is 5.26 Å². The third-order valence-electron chi connectivity index (χ3n) is 5.51. The van der Waals surface area contributed by atoms with E-state index in [2.05, 4.69) is 11.0 Å². The number of amides is 2. The van der Waals surface area contributed by atoms with E-state index >= 15 is 0 Å². The fraction of sp³-hybridized carbons (Fsp3) is 0.524. The molecule has 1 N–H and O–H groups in total. The predicted octanol–water partition coefficient (Wildman–Crippen LogP) is 2.83. The van der Waals surface area contributed by atoms with Crippen molar-refractivity contribution in [2.75, 3.05) is 52.4 Å². The first-order chi connectivity index (χ1) is 13.6. The molecule has 2 saturated heterocycles. The minimum absolute atomic E-state index is 0.103. The summed E-state index contributed by atoms with van der Waals surface area (Å²) in [5, 5.41) is 19.2. The lowest BCUT2D eigenvalue weighted by molar-refractivity contribution is 0.107. The van der Waals surface area contributed by atoms with Gasteiger partial charge in [0.2, 0.25) is 0 Å². The zero-order valence-corrected chi connectivity index (χ0v) is 16.9. The van der Waals surface area contributed by atoms with Crippen LogP contribution in [0.5, 0.6) is 0 Å². The van der Waals surface area contributed by atoms with Gasteiger partial charge in [-0.15, -0.1) is 0 Å². The number of urea groups is 1. The molecule has 2 aliphatic rings. The van der Waals surface area contributed by atoms with Crippen LogP contribution in [0.3, 0.4) is 0 Å². The highest BCUT2D eigenvalue weighted by molar-refractivity contribution is 6.30. The zero-order chi connectivity index (χ0) is 19.9. The van der Waals surface area contributed by atoms with Crippen LogP contribution in [0.25, 0.3) is 5.57 Å². The highest BCUT2D eigenvalue weighted by Crippen LogP contribution is 2.27. The van der Waals surface area contributed by atoms with Gasteiger partial charge in [-0.1, -0.05) is 23.7 Å². The van der Waals surface area contributed by atoms with Crippen molar-refractivity contribution in [1.82, 2.24) is 14.7 Å². The van der Waals surface area contributed by atoms with Gasteiger partial charge in [-0.05, 0) is 42.5 Å². The van der Waals surface area contributed by atoms with Crippen molar-refractivity contribution in [3.05, 3.63) is 40.4 Å². The van der Waals surface area contributed by atoms with E-state index in [1.807, 2.05) is 21.9 Å². The Morgan fingerprint density at radius 1 is 1.04 bits per heavy atom. The lowest BCUT2D eigenvalue weighted by Crippen LogP contribution is -2.53. The number of piperazine rings is 1. The van der Waals surface area contributed by atoms with E-state index in [4.69, 9.17) is 16.7 Å². The third-order valence-corrected chi connectivity index (χ3v) is 5.76. The maximum Gasteiger partial charge on any atom is 0.320 e. The maximum absolute atomic E-state index is 12.8. The molecule has 0 atom stereocenters. The molecule has 2 amide bonds. The van der Waals surface area contributed by atoms with Crippen molar-refractivity contribution in [2.24, 2.45) is 0 Å². The molecule has 1 aromatic carbocycles. The number of allylic oxidation sites excluding steroid dienone is 1. The third kappa shape index (κ3) is 5.05. The first-order valence-corrected chi connectivity index (χ1v) is 10.3. The van der Waals surface area contributed by atoms with Crippen molar-refractivity contribution in [3.63, 3.8) is 0 Å². The molecule has 6 nitrogen and oxygen atoms in total. The van der Waals surface area contributed by atoms with Crippen LogP contribution in [0.2, 0.25) is 5.02 Å². The highest BCUT2D eigenvalue weighted by atomic mass is 35.5. The first-order valence-electron chi connectivity index (χ1n) is 9.87. The number of aliphatic hydroxyl groups is 1. The number of piperidine rings is 1. The molecule has 3 rings (SSSR count). The summed E-state index contributed by atoms with van der Waals surface area (Å²) in [7, 11) is 0. The van der Waals surface area contributed by atoms with Gasteiger partial charge in [-0.3, -0.25) is 4.90 Å². The van der Waals surface area contributed by atoms with Gasteiger partial charge >= 0.3 is 6.03 Å². The lowest BCUT2D eigenvalue weighted by atomic mass is 9.94. The Bertz CT molecular complexity index is 739. The van der Waals surface area contributed by atoms with Gasteiger partial charge in [0.15, 0.2) is 0 Å². The van der Waals surface area contributed by atoms with Gasteiger partial charge in [0, 0.05) is 57.4 Å². The summed E-state index contributed by atoms with van der Waals surface area (Å²) in [6, 6.07) is 9.79. The van der Waals surface area contributed by atoms with Gasteiger partial charge in [-0.25, -0.2) is 4.79 Å².